The third-order valence-electron chi connectivity index (χ3n) is 10.2. The zero-order chi connectivity index (χ0) is 41.6. The summed E-state index contributed by atoms with van der Waals surface area (Å²) < 4.78 is 24.5. The van der Waals surface area contributed by atoms with Gasteiger partial charge in [-0.05, 0) is 94.7 Å². The molecule has 4 rings (SSSR count). The summed E-state index contributed by atoms with van der Waals surface area (Å²) in [5.74, 6) is 1.64. The predicted octanol–water partition coefficient (Wildman–Crippen LogP) is 9.92. The maximum Gasteiger partial charge on any atom is 0.204 e. The highest BCUT2D eigenvalue weighted by atomic mass is 16.5. The van der Waals surface area contributed by atoms with E-state index >= 15 is 0 Å². The minimum absolute atomic E-state index is 0.00638. The molecule has 0 bridgehead atoms. The molecule has 0 aliphatic carbocycles. The SMILES string of the molecule is CCCCC(CC)COc1c(OCC(C)O)ccc(-c2nc(-c3ccc(OCC(C)O)c(OCC(CC)CCCC)c3O)nc(-c3c(C)cc(C)cc3C)n2)c1O. The van der Waals surface area contributed by atoms with E-state index in [1.807, 2.05) is 20.8 Å². The van der Waals surface area contributed by atoms with Gasteiger partial charge in [0.25, 0.3) is 0 Å². The molecule has 0 radical (unpaired) electrons. The van der Waals surface area contributed by atoms with Gasteiger partial charge in [-0.1, -0.05) is 83.9 Å². The number of phenols is 2. The van der Waals surface area contributed by atoms with Crippen LogP contribution in [-0.4, -0.2) is 74.0 Å². The molecule has 1 heterocycles. The molecule has 4 N–H and O–H groups in total. The normalized spacial score (nSPS) is 13.5. The molecule has 0 amide bonds. The van der Waals surface area contributed by atoms with Crippen LogP contribution in [0.15, 0.2) is 36.4 Å². The summed E-state index contributed by atoms with van der Waals surface area (Å²) >= 11 is 0. The largest absolute Gasteiger partial charge is 0.504 e. The van der Waals surface area contributed by atoms with Crippen LogP contribution in [0.3, 0.4) is 0 Å². The van der Waals surface area contributed by atoms with Crippen molar-refractivity contribution >= 4 is 0 Å². The number of aryl methyl sites for hydroxylation is 3. The van der Waals surface area contributed by atoms with Gasteiger partial charge in [0, 0.05) is 5.56 Å². The lowest BCUT2D eigenvalue weighted by molar-refractivity contribution is 0.118. The zero-order valence-electron chi connectivity index (χ0n) is 35.5. The first-order valence-electron chi connectivity index (χ1n) is 20.8. The summed E-state index contributed by atoms with van der Waals surface area (Å²) in [5, 5.41) is 44.0. The van der Waals surface area contributed by atoms with Gasteiger partial charge in [-0.25, -0.2) is 15.0 Å². The van der Waals surface area contributed by atoms with Crippen molar-refractivity contribution in [2.75, 3.05) is 26.4 Å². The van der Waals surface area contributed by atoms with E-state index in [-0.39, 0.29) is 70.8 Å². The number of phenolic OH excluding ortho intramolecular Hbond substituents is 2. The van der Waals surface area contributed by atoms with Gasteiger partial charge < -0.3 is 39.4 Å². The second-order valence-corrected chi connectivity index (χ2v) is 15.4. The minimum atomic E-state index is -0.739. The van der Waals surface area contributed by atoms with E-state index in [4.69, 9.17) is 33.9 Å². The number of aromatic hydroxyl groups is 2. The summed E-state index contributed by atoms with van der Waals surface area (Å²) in [7, 11) is 0. The number of ether oxygens (including phenoxy) is 4. The first-order chi connectivity index (χ1) is 27.3. The van der Waals surface area contributed by atoms with Crippen LogP contribution < -0.4 is 18.9 Å². The van der Waals surface area contributed by atoms with Gasteiger partial charge >= 0.3 is 0 Å². The second kappa shape index (κ2) is 21.8. The maximum atomic E-state index is 12.0. The monoisotopic (exact) mass is 787 g/mol. The molecular weight excluding hydrogens is 723 g/mol. The van der Waals surface area contributed by atoms with Gasteiger partial charge in [0.05, 0.1) is 36.5 Å². The van der Waals surface area contributed by atoms with E-state index in [0.29, 0.717) is 30.5 Å². The van der Waals surface area contributed by atoms with E-state index in [0.717, 1.165) is 73.6 Å². The topological polar surface area (TPSA) is 157 Å². The number of rotatable bonds is 23. The first kappa shape index (κ1) is 45.1. The van der Waals surface area contributed by atoms with Gasteiger partial charge in [-0.3, -0.25) is 0 Å². The Hall–Kier alpha value is -4.61. The Morgan fingerprint density at radius 1 is 0.561 bits per heavy atom. The number of aliphatic hydroxyl groups is 2. The molecule has 4 atom stereocenters. The van der Waals surface area contributed by atoms with E-state index < -0.39 is 12.2 Å². The predicted molar refractivity (Wildman–Crippen MR) is 226 cm³/mol. The number of unbranched alkanes of at least 4 members (excludes halogenated alkanes) is 2. The number of hydrogen-bond donors (Lipinski definition) is 4. The van der Waals surface area contributed by atoms with Crippen molar-refractivity contribution in [3.63, 3.8) is 0 Å². The Labute approximate surface area is 339 Å². The van der Waals surface area contributed by atoms with Crippen molar-refractivity contribution < 1.29 is 39.4 Å². The molecule has 0 spiro atoms. The van der Waals surface area contributed by atoms with Crippen molar-refractivity contribution in [2.24, 2.45) is 11.8 Å². The van der Waals surface area contributed by atoms with Crippen molar-refractivity contribution in [2.45, 2.75) is 126 Å². The van der Waals surface area contributed by atoms with Crippen LogP contribution in [0, 0.1) is 32.6 Å². The van der Waals surface area contributed by atoms with Gasteiger partial charge in [0.15, 0.2) is 40.5 Å². The van der Waals surface area contributed by atoms with Crippen LogP contribution in [-0.2, 0) is 0 Å². The highest BCUT2D eigenvalue weighted by Crippen LogP contribution is 2.46. The van der Waals surface area contributed by atoms with Crippen LogP contribution in [0.5, 0.6) is 34.5 Å². The Bertz CT molecular complexity index is 1770. The zero-order valence-corrected chi connectivity index (χ0v) is 35.5. The second-order valence-electron chi connectivity index (χ2n) is 15.4. The molecule has 4 aromatic rings. The summed E-state index contributed by atoms with van der Waals surface area (Å²) in [6, 6.07) is 10.8. The lowest BCUT2D eigenvalue weighted by Gasteiger charge is -2.21. The highest BCUT2D eigenvalue weighted by Gasteiger charge is 2.26. The lowest BCUT2D eigenvalue weighted by Crippen LogP contribution is -2.15. The maximum absolute atomic E-state index is 12.0. The lowest BCUT2D eigenvalue weighted by atomic mass is 9.99. The van der Waals surface area contributed by atoms with Crippen LogP contribution in [0.1, 0.15) is 110 Å². The summed E-state index contributed by atoms with van der Waals surface area (Å²) in [5.41, 5.74) is 4.36. The Kier molecular flexibility index (Phi) is 17.2. The standard InChI is InChI=1S/C46H65N3O8/c1-10-14-16-33(12-3)26-56-42-37(54-24-31(8)50)20-18-35(40(42)52)44-47-45(49-46(48-44)39-29(6)22-28(5)23-30(39)7)36-19-21-38(55-25-32(9)51)43(41(36)53)57-27-34(13-4)17-15-11-2/h18-23,31-34,50-53H,10-17,24-27H2,1-9H3. The molecular formula is C46H65N3O8. The third kappa shape index (κ3) is 12.2. The molecule has 4 unspecified atom stereocenters. The molecule has 11 heteroatoms. The van der Waals surface area contributed by atoms with Crippen LogP contribution in [0.25, 0.3) is 34.2 Å². The summed E-state index contributed by atoms with van der Waals surface area (Å²) in [6.07, 6.45) is 6.61. The third-order valence-corrected chi connectivity index (χ3v) is 10.2. The molecule has 0 fully saturated rings. The first-order valence-corrected chi connectivity index (χ1v) is 20.8. The molecule has 57 heavy (non-hydrogen) atoms. The fraction of sp³-hybridized carbons (Fsp3) is 0.543. The molecule has 11 nitrogen and oxygen atoms in total. The van der Waals surface area contributed by atoms with Crippen molar-refractivity contribution in [1.82, 2.24) is 15.0 Å². The number of hydrogen-bond acceptors (Lipinski definition) is 11. The van der Waals surface area contributed by atoms with E-state index in [9.17, 15) is 20.4 Å². The Morgan fingerprint density at radius 2 is 0.965 bits per heavy atom. The highest BCUT2D eigenvalue weighted by molar-refractivity contribution is 5.78. The van der Waals surface area contributed by atoms with Crippen LogP contribution in [0.4, 0.5) is 0 Å². The molecule has 1 aromatic heterocycles. The molecule has 3 aromatic carbocycles. The van der Waals surface area contributed by atoms with Gasteiger partial charge in [0.1, 0.15) is 13.2 Å². The summed E-state index contributed by atoms with van der Waals surface area (Å²) in [6.45, 7) is 18.6. The minimum Gasteiger partial charge on any atom is -0.504 e. The van der Waals surface area contributed by atoms with E-state index in [1.54, 1.807) is 38.1 Å². The smallest absolute Gasteiger partial charge is 0.204 e. The molecule has 0 aliphatic rings. The van der Waals surface area contributed by atoms with Crippen molar-refractivity contribution in [3.05, 3.63) is 53.1 Å². The van der Waals surface area contributed by atoms with Crippen LogP contribution >= 0.6 is 0 Å². The number of aliphatic hydroxyl groups excluding tert-OH is 2. The molecule has 0 saturated heterocycles. The quantitative estimate of drug-likeness (QED) is 0.0567. The Morgan fingerprint density at radius 3 is 1.33 bits per heavy atom. The van der Waals surface area contributed by atoms with E-state index in [2.05, 4.69) is 39.8 Å². The van der Waals surface area contributed by atoms with E-state index in [1.165, 1.54) is 0 Å². The molecule has 312 valence electrons. The summed E-state index contributed by atoms with van der Waals surface area (Å²) in [4.78, 5) is 14.8. The van der Waals surface area contributed by atoms with Gasteiger partial charge in [-0.15, -0.1) is 0 Å². The average Bonchev–Trinajstić information content (AvgIpc) is 3.17. The van der Waals surface area contributed by atoms with Crippen molar-refractivity contribution in [1.29, 1.82) is 0 Å². The van der Waals surface area contributed by atoms with Crippen molar-refractivity contribution in [3.8, 4) is 68.7 Å². The Balaban J connectivity index is 1.94. The fourth-order valence-electron chi connectivity index (χ4n) is 6.85. The van der Waals surface area contributed by atoms with Gasteiger partial charge in [0.2, 0.25) is 11.5 Å². The fourth-order valence-corrected chi connectivity index (χ4v) is 6.85. The number of nitrogens with zero attached hydrogens (tertiary/aromatic N) is 3. The van der Waals surface area contributed by atoms with Crippen LogP contribution in [0.2, 0.25) is 0 Å². The number of aromatic nitrogens is 3. The molecule has 0 aliphatic heterocycles. The molecule has 0 saturated carbocycles. The average molecular weight is 788 g/mol. The number of benzene rings is 3. The van der Waals surface area contributed by atoms with Gasteiger partial charge in [-0.2, -0.15) is 0 Å².